The van der Waals surface area contributed by atoms with Crippen molar-refractivity contribution < 1.29 is 4.79 Å². The molecule has 0 aliphatic carbocycles. The Labute approximate surface area is 175 Å². The van der Waals surface area contributed by atoms with Crippen LogP contribution in [0, 0.1) is 0 Å². The topological polar surface area (TPSA) is 58.1 Å². The number of amides is 1. The monoisotopic (exact) mass is 406 g/mol. The van der Waals surface area contributed by atoms with Crippen LogP contribution < -0.4 is 5.32 Å². The maximum atomic E-state index is 12.4. The van der Waals surface area contributed by atoms with Gasteiger partial charge in [0.05, 0.1) is 17.1 Å². The summed E-state index contributed by atoms with van der Waals surface area (Å²) in [6.45, 7) is 3.02. The average molecular weight is 407 g/mol. The number of hydrogen-bond acceptors (Lipinski definition) is 5. The van der Waals surface area contributed by atoms with Crippen LogP contribution >= 0.6 is 11.3 Å². The van der Waals surface area contributed by atoms with Gasteiger partial charge in [-0.05, 0) is 30.5 Å². The highest BCUT2D eigenvalue weighted by Gasteiger charge is 2.21. The molecule has 0 radical (unpaired) electrons. The van der Waals surface area contributed by atoms with Gasteiger partial charge < -0.3 is 5.32 Å². The highest BCUT2D eigenvalue weighted by atomic mass is 32.1. The standard InChI is InChI=1S/C23H26N4OS/c28-22(14-21-17-29-23(26-21)15-20-8-4-5-11-24-20)25-19-9-12-27(13-10-19)16-18-6-2-1-3-7-18/h1-8,11,17,19H,9-10,12-16H2,(H,25,28). The van der Waals surface area contributed by atoms with E-state index in [-0.39, 0.29) is 11.9 Å². The van der Waals surface area contributed by atoms with Crippen LogP contribution in [-0.4, -0.2) is 39.9 Å². The van der Waals surface area contributed by atoms with E-state index in [9.17, 15) is 4.79 Å². The van der Waals surface area contributed by atoms with Crippen LogP contribution in [0.3, 0.4) is 0 Å². The van der Waals surface area contributed by atoms with Gasteiger partial charge in [0, 0.05) is 49.4 Å². The minimum absolute atomic E-state index is 0.0706. The summed E-state index contributed by atoms with van der Waals surface area (Å²) in [7, 11) is 0. The van der Waals surface area contributed by atoms with Gasteiger partial charge in [-0.25, -0.2) is 4.98 Å². The summed E-state index contributed by atoms with van der Waals surface area (Å²) in [4.78, 5) is 23.9. The van der Waals surface area contributed by atoms with Crippen LogP contribution in [-0.2, 0) is 24.2 Å². The number of nitrogens with one attached hydrogen (secondary N) is 1. The number of benzene rings is 1. The molecule has 3 heterocycles. The fourth-order valence-electron chi connectivity index (χ4n) is 3.69. The molecule has 4 rings (SSSR count). The van der Waals surface area contributed by atoms with Gasteiger partial charge in [0.2, 0.25) is 5.91 Å². The van der Waals surface area contributed by atoms with E-state index < -0.39 is 0 Å². The van der Waals surface area contributed by atoms with Crippen LogP contribution in [0.5, 0.6) is 0 Å². The largest absolute Gasteiger partial charge is 0.353 e. The molecule has 6 heteroatoms. The number of pyridine rings is 1. The third kappa shape index (κ3) is 5.95. The van der Waals surface area contributed by atoms with Gasteiger partial charge in [-0.15, -0.1) is 11.3 Å². The molecule has 3 aromatic rings. The van der Waals surface area contributed by atoms with E-state index in [2.05, 4.69) is 50.5 Å². The summed E-state index contributed by atoms with van der Waals surface area (Å²) in [6, 6.07) is 16.7. The van der Waals surface area contributed by atoms with Crippen molar-refractivity contribution in [3.05, 3.63) is 82.1 Å². The first kappa shape index (κ1) is 19.7. The number of rotatable bonds is 7. The van der Waals surface area contributed by atoms with Crippen LogP contribution in [0.4, 0.5) is 0 Å². The summed E-state index contributed by atoms with van der Waals surface area (Å²) < 4.78 is 0. The molecule has 0 atom stereocenters. The van der Waals surface area contributed by atoms with E-state index in [1.165, 1.54) is 5.56 Å². The molecule has 1 aliphatic heterocycles. The molecule has 1 amide bonds. The predicted octanol–water partition coefficient (Wildman–Crippen LogP) is 3.45. The van der Waals surface area contributed by atoms with Gasteiger partial charge in [-0.1, -0.05) is 36.4 Å². The SMILES string of the molecule is O=C(Cc1csc(Cc2ccccn2)n1)NC1CCN(Cc2ccccc2)CC1. The highest BCUT2D eigenvalue weighted by molar-refractivity contribution is 7.09. The zero-order chi connectivity index (χ0) is 19.9. The van der Waals surface area contributed by atoms with E-state index in [0.717, 1.165) is 48.9 Å². The Kier molecular flexibility index (Phi) is 6.64. The molecule has 150 valence electrons. The van der Waals surface area contributed by atoms with Gasteiger partial charge in [0.15, 0.2) is 0 Å². The number of nitrogens with zero attached hydrogens (tertiary/aromatic N) is 3. The summed E-state index contributed by atoms with van der Waals surface area (Å²) in [6.07, 6.45) is 4.86. The molecule has 29 heavy (non-hydrogen) atoms. The van der Waals surface area contributed by atoms with Crippen molar-refractivity contribution in [1.82, 2.24) is 20.2 Å². The number of carbonyl (C=O) groups is 1. The first-order valence-electron chi connectivity index (χ1n) is 10.1. The van der Waals surface area contributed by atoms with Crippen LogP contribution in [0.1, 0.15) is 34.8 Å². The van der Waals surface area contributed by atoms with Gasteiger partial charge >= 0.3 is 0 Å². The number of hydrogen-bond donors (Lipinski definition) is 1. The normalized spacial score (nSPS) is 15.3. The molecule has 0 unspecified atom stereocenters. The Hall–Kier alpha value is -2.57. The molecule has 1 saturated heterocycles. The summed E-state index contributed by atoms with van der Waals surface area (Å²) in [5.41, 5.74) is 3.19. The van der Waals surface area contributed by atoms with E-state index >= 15 is 0 Å². The molecule has 1 N–H and O–H groups in total. The molecule has 0 spiro atoms. The van der Waals surface area contributed by atoms with E-state index in [1.807, 2.05) is 23.6 Å². The minimum Gasteiger partial charge on any atom is -0.353 e. The summed E-state index contributed by atoms with van der Waals surface area (Å²) in [5.74, 6) is 0.0706. The predicted molar refractivity (Wildman–Crippen MR) is 116 cm³/mol. The van der Waals surface area contributed by atoms with Crippen molar-refractivity contribution in [2.24, 2.45) is 0 Å². The zero-order valence-corrected chi connectivity index (χ0v) is 17.3. The third-order valence-electron chi connectivity index (χ3n) is 5.20. The van der Waals surface area contributed by atoms with Crippen molar-refractivity contribution in [3.8, 4) is 0 Å². The first-order valence-corrected chi connectivity index (χ1v) is 11.0. The van der Waals surface area contributed by atoms with Gasteiger partial charge in [0.25, 0.3) is 0 Å². The van der Waals surface area contributed by atoms with Gasteiger partial charge in [-0.2, -0.15) is 0 Å². The lowest BCUT2D eigenvalue weighted by atomic mass is 10.0. The Balaban J connectivity index is 1.20. The Bertz CT molecular complexity index is 905. The van der Waals surface area contributed by atoms with Crippen molar-refractivity contribution in [2.75, 3.05) is 13.1 Å². The van der Waals surface area contributed by atoms with Crippen molar-refractivity contribution in [2.45, 2.75) is 38.3 Å². The van der Waals surface area contributed by atoms with Gasteiger partial charge in [-0.3, -0.25) is 14.7 Å². The second-order valence-corrected chi connectivity index (χ2v) is 8.45. The summed E-state index contributed by atoms with van der Waals surface area (Å²) in [5, 5.41) is 6.18. The maximum absolute atomic E-state index is 12.4. The molecule has 1 aliphatic rings. The van der Waals surface area contributed by atoms with Crippen LogP contribution in [0.15, 0.2) is 60.1 Å². The molecule has 0 bridgehead atoms. The zero-order valence-electron chi connectivity index (χ0n) is 16.5. The lowest BCUT2D eigenvalue weighted by Crippen LogP contribution is -2.44. The average Bonchev–Trinajstić information content (AvgIpc) is 3.17. The first-order chi connectivity index (χ1) is 14.2. The second kappa shape index (κ2) is 9.76. The fraction of sp³-hybridized carbons (Fsp3) is 0.348. The Morgan fingerprint density at radius 1 is 1.07 bits per heavy atom. The van der Waals surface area contributed by atoms with Crippen LogP contribution in [0.25, 0.3) is 0 Å². The van der Waals surface area contributed by atoms with Crippen molar-refractivity contribution in [1.29, 1.82) is 0 Å². The van der Waals surface area contributed by atoms with Crippen LogP contribution in [0.2, 0.25) is 0 Å². The molecular formula is C23H26N4OS. The van der Waals surface area contributed by atoms with E-state index in [4.69, 9.17) is 0 Å². The molecular weight excluding hydrogens is 380 g/mol. The molecule has 0 saturated carbocycles. The van der Waals surface area contributed by atoms with Gasteiger partial charge in [0.1, 0.15) is 0 Å². The smallest absolute Gasteiger partial charge is 0.226 e. The third-order valence-corrected chi connectivity index (χ3v) is 6.10. The fourth-order valence-corrected chi connectivity index (χ4v) is 4.50. The summed E-state index contributed by atoms with van der Waals surface area (Å²) >= 11 is 1.60. The van der Waals surface area contributed by atoms with E-state index in [0.29, 0.717) is 12.8 Å². The number of thiazole rings is 1. The molecule has 1 aromatic carbocycles. The minimum atomic E-state index is 0.0706. The number of piperidine rings is 1. The molecule has 1 fully saturated rings. The maximum Gasteiger partial charge on any atom is 0.226 e. The van der Waals surface area contributed by atoms with Crippen molar-refractivity contribution in [3.63, 3.8) is 0 Å². The van der Waals surface area contributed by atoms with Crippen molar-refractivity contribution >= 4 is 17.2 Å². The number of carbonyl (C=O) groups excluding carboxylic acids is 1. The molecule has 5 nitrogen and oxygen atoms in total. The van der Waals surface area contributed by atoms with E-state index in [1.54, 1.807) is 17.5 Å². The lowest BCUT2D eigenvalue weighted by Gasteiger charge is -2.32. The Morgan fingerprint density at radius 3 is 2.62 bits per heavy atom. The Morgan fingerprint density at radius 2 is 1.86 bits per heavy atom. The lowest BCUT2D eigenvalue weighted by molar-refractivity contribution is -0.121. The highest BCUT2D eigenvalue weighted by Crippen LogP contribution is 2.16. The molecule has 2 aromatic heterocycles. The number of aromatic nitrogens is 2. The number of likely N-dealkylation sites (tertiary alicyclic amines) is 1. The second-order valence-electron chi connectivity index (χ2n) is 7.51. The quantitative estimate of drug-likeness (QED) is 0.653.